The van der Waals surface area contributed by atoms with E-state index in [0.717, 1.165) is 10.5 Å². The molecule has 2 unspecified atom stereocenters. The van der Waals surface area contributed by atoms with E-state index in [1.165, 1.54) is 16.7 Å². The second-order valence-electron chi connectivity index (χ2n) is 5.94. The molecule has 1 fully saturated rings. The highest BCUT2D eigenvalue weighted by atomic mass is 32.2. The summed E-state index contributed by atoms with van der Waals surface area (Å²) in [5.74, 6) is -0.889. The van der Waals surface area contributed by atoms with Gasteiger partial charge in [0, 0.05) is 11.4 Å². The Labute approximate surface area is 141 Å². The fraction of sp³-hybridized carbons (Fsp3) is 0.500. The van der Waals surface area contributed by atoms with Crippen molar-refractivity contribution in [2.75, 3.05) is 13.1 Å². The summed E-state index contributed by atoms with van der Waals surface area (Å²) in [4.78, 5) is 27.3. The fourth-order valence-electron chi connectivity index (χ4n) is 3.11. The van der Waals surface area contributed by atoms with Gasteiger partial charge in [-0.1, -0.05) is 18.2 Å². The summed E-state index contributed by atoms with van der Waals surface area (Å²) < 4.78 is 36.8. The van der Waals surface area contributed by atoms with Gasteiger partial charge in [-0.25, -0.2) is 0 Å². The molecule has 2 aliphatic rings. The van der Waals surface area contributed by atoms with Crippen LogP contribution in [-0.2, 0) is 16.0 Å². The number of nitrogens with one attached hydrogen (secondary N) is 1. The first-order chi connectivity index (χ1) is 11.3. The Hall–Kier alpha value is -1.70. The molecule has 0 aliphatic carbocycles. The number of carbonyl (C=O) groups excluding carboxylic acids is 2. The predicted molar refractivity (Wildman–Crippen MR) is 83.6 cm³/mol. The van der Waals surface area contributed by atoms with Crippen LogP contribution in [0.5, 0.6) is 0 Å². The van der Waals surface area contributed by atoms with Crippen molar-refractivity contribution < 1.29 is 22.8 Å². The number of benzene rings is 1. The zero-order chi connectivity index (χ0) is 17.3. The van der Waals surface area contributed by atoms with E-state index < -0.39 is 24.7 Å². The van der Waals surface area contributed by atoms with Crippen molar-refractivity contribution in [1.29, 1.82) is 0 Å². The lowest BCUT2D eigenvalue weighted by Crippen LogP contribution is -2.50. The third kappa shape index (κ3) is 3.68. The molecule has 4 nitrogen and oxygen atoms in total. The van der Waals surface area contributed by atoms with Crippen LogP contribution in [0.4, 0.5) is 13.2 Å². The van der Waals surface area contributed by atoms with E-state index in [2.05, 4.69) is 0 Å². The largest absolute Gasteiger partial charge is 0.405 e. The van der Waals surface area contributed by atoms with Gasteiger partial charge in [-0.05, 0) is 30.9 Å². The second kappa shape index (κ2) is 6.66. The average molecular weight is 358 g/mol. The van der Waals surface area contributed by atoms with Gasteiger partial charge in [-0.15, -0.1) is 11.8 Å². The van der Waals surface area contributed by atoms with Crippen molar-refractivity contribution in [2.24, 2.45) is 0 Å². The molecule has 1 aromatic rings. The number of rotatable bonds is 3. The van der Waals surface area contributed by atoms with Gasteiger partial charge in [-0.2, -0.15) is 13.2 Å². The molecule has 0 saturated carbocycles. The molecule has 8 heteroatoms. The first kappa shape index (κ1) is 17.1. The van der Waals surface area contributed by atoms with Gasteiger partial charge >= 0.3 is 6.18 Å². The maximum absolute atomic E-state index is 12.7. The van der Waals surface area contributed by atoms with Gasteiger partial charge in [0.1, 0.15) is 12.6 Å². The summed E-state index contributed by atoms with van der Waals surface area (Å²) >= 11 is 1.46. The van der Waals surface area contributed by atoms with E-state index >= 15 is 0 Å². The highest BCUT2D eigenvalue weighted by Gasteiger charge is 2.40. The number of nitrogens with zero attached hydrogens (tertiary/aromatic N) is 1. The van der Waals surface area contributed by atoms with E-state index in [1.54, 1.807) is 0 Å². The number of amides is 2. The molecule has 2 amide bonds. The maximum Gasteiger partial charge on any atom is 0.405 e. The summed E-state index contributed by atoms with van der Waals surface area (Å²) in [6.45, 7) is -0.954. The normalized spacial score (nSPS) is 23.2. The Kier molecular flexibility index (Phi) is 4.76. The minimum atomic E-state index is -4.45. The van der Waals surface area contributed by atoms with Gasteiger partial charge in [0.2, 0.25) is 11.8 Å². The van der Waals surface area contributed by atoms with Gasteiger partial charge in [0.25, 0.3) is 0 Å². The topological polar surface area (TPSA) is 49.4 Å². The van der Waals surface area contributed by atoms with Crippen molar-refractivity contribution in [1.82, 2.24) is 10.2 Å². The molecule has 0 aromatic heterocycles. The molecule has 2 heterocycles. The Morgan fingerprint density at radius 1 is 1.29 bits per heavy atom. The predicted octanol–water partition coefficient (Wildman–Crippen LogP) is 2.37. The Bertz CT molecular complexity index is 625. The Balaban J connectivity index is 1.63. The average Bonchev–Trinajstić information content (AvgIpc) is 3.17. The lowest BCUT2D eigenvalue weighted by Gasteiger charge is -2.26. The first-order valence-corrected chi connectivity index (χ1v) is 8.62. The third-order valence-corrected chi connectivity index (χ3v) is 5.53. The molecule has 0 spiro atoms. The van der Waals surface area contributed by atoms with Crippen LogP contribution in [0, 0.1) is 0 Å². The summed E-state index contributed by atoms with van der Waals surface area (Å²) in [5, 5.41) is 1.59. The molecule has 0 radical (unpaired) electrons. The number of hydrogen-bond acceptors (Lipinski definition) is 3. The minimum absolute atomic E-state index is 0.166. The molecule has 24 heavy (non-hydrogen) atoms. The van der Waals surface area contributed by atoms with E-state index in [0.29, 0.717) is 25.8 Å². The van der Waals surface area contributed by atoms with Crippen molar-refractivity contribution in [3.63, 3.8) is 0 Å². The van der Waals surface area contributed by atoms with Crippen LogP contribution in [-0.4, -0.2) is 47.3 Å². The number of halogens is 3. The van der Waals surface area contributed by atoms with Gasteiger partial charge in [-0.3, -0.25) is 9.59 Å². The van der Waals surface area contributed by atoms with Crippen LogP contribution >= 0.6 is 11.8 Å². The highest BCUT2D eigenvalue weighted by Crippen LogP contribution is 2.38. The molecule has 1 N–H and O–H groups in total. The number of hydrogen-bond donors (Lipinski definition) is 1. The smallest absolute Gasteiger partial charge is 0.345 e. The molecule has 130 valence electrons. The van der Waals surface area contributed by atoms with Crippen LogP contribution in [0.15, 0.2) is 29.2 Å². The monoisotopic (exact) mass is 358 g/mol. The first-order valence-electron chi connectivity index (χ1n) is 7.74. The number of fused-ring (bicyclic) bond motifs is 1. The molecule has 1 saturated heterocycles. The van der Waals surface area contributed by atoms with E-state index in [-0.39, 0.29) is 11.2 Å². The molecular formula is C16H17F3N2O2S. The molecule has 2 aliphatic heterocycles. The number of thioether (sulfide) groups is 1. The summed E-state index contributed by atoms with van der Waals surface area (Å²) in [7, 11) is 0. The van der Waals surface area contributed by atoms with Gasteiger partial charge in [0.05, 0.1) is 5.25 Å². The third-order valence-electron chi connectivity index (χ3n) is 4.22. The standard InChI is InChI=1S/C16H17F3N2O2S/c17-16(18,19)9-20-14(22)11-5-3-7-21(11)15(23)13-8-10-4-1-2-6-12(10)24-13/h1-2,4,6,11,13H,3,5,7-9H2,(H,20,22). The molecular weight excluding hydrogens is 341 g/mol. The maximum atomic E-state index is 12.7. The SMILES string of the molecule is O=C(NCC(F)(F)F)C1CCCN1C(=O)C1Cc2ccccc2S1. The van der Waals surface area contributed by atoms with Gasteiger partial charge in [0.15, 0.2) is 0 Å². The number of carbonyl (C=O) groups is 2. The van der Waals surface area contributed by atoms with E-state index in [4.69, 9.17) is 0 Å². The number of alkyl halides is 3. The van der Waals surface area contributed by atoms with Crippen molar-refractivity contribution in [3.8, 4) is 0 Å². The number of likely N-dealkylation sites (tertiary alicyclic amines) is 1. The Morgan fingerprint density at radius 3 is 2.75 bits per heavy atom. The molecule has 2 atom stereocenters. The zero-order valence-electron chi connectivity index (χ0n) is 12.8. The minimum Gasteiger partial charge on any atom is -0.345 e. The van der Waals surface area contributed by atoms with Crippen LogP contribution in [0.3, 0.4) is 0 Å². The van der Waals surface area contributed by atoms with Crippen LogP contribution in [0.2, 0.25) is 0 Å². The Morgan fingerprint density at radius 2 is 2.04 bits per heavy atom. The fourth-order valence-corrected chi connectivity index (χ4v) is 4.38. The van der Waals surface area contributed by atoms with Gasteiger partial charge < -0.3 is 10.2 Å². The summed E-state index contributed by atoms with van der Waals surface area (Å²) in [6.07, 6.45) is -2.83. The molecule has 3 rings (SSSR count). The molecule has 1 aromatic carbocycles. The van der Waals surface area contributed by atoms with Crippen molar-refractivity contribution in [2.45, 2.75) is 41.6 Å². The second-order valence-corrected chi connectivity index (χ2v) is 7.19. The quantitative estimate of drug-likeness (QED) is 0.903. The lowest BCUT2D eigenvalue weighted by molar-refractivity contribution is -0.144. The van der Waals surface area contributed by atoms with E-state index in [9.17, 15) is 22.8 Å². The van der Waals surface area contributed by atoms with Crippen molar-refractivity contribution >= 4 is 23.6 Å². The summed E-state index contributed by atoms with van der Waals surface area (Å²) in [5.41, 5.74) is 1.10. The molecule has 0 bridgehead atoms. The zero-order valence-corrected chi connectivity index (χ0v) is 13.6. The highest BCUT2D eigenvalue weighted by molar-refractivity contribution is 8.01. The summed E-state index contributed by atoms with van der Waals surface area (Å²) in [6, 6.07) is 6.93. The van der Waals surface area contributed by atoms with Crippen LogP contribution in [0.1, 0.15) is 18.4 Å². The van der Waals surface area contributed by atoms with Crippen LogP contribution in [0.25, 0.3) is 0 Å². The lowest BCUT2D eigenvalue weighted by atomic mass is 10.1. The van der Waals surface area contributed by atoms with Crippen LogP contribution < -0.4 is 5.32 Å². The van der Waals surface area contributed by atoms with Crippen molar-refractivity contribution in [3.05, 3.63) is 29.8 Å². The van der Waals surface area contributed by atoms with E-state index in [1.807, 2.05) is 29.6 Å².